The van der Waals surface area contributed by atoms with Crippen LogP contribution in [0.2, 0.25) is 10.0 Å². The second kappa shape index (κ2) is 5.61. The van der Waals surface area contributed by atoms with E-state index in [2.05, 4.69) is 9.82 Å². The molecule has 0 radical (unpaired) electrons. The molecule has 0 bridgehead atoms. The van der Waals surface area contributed by atoms with E-state index in [1.165, 1.54) is 22.9 Å². The predicted molar refractivity (Wildman–Crippen MR) is 78.4 cm³/mol. The van der Waals surface area contributed by atoms with E-state index in [1.54, 1.807) is 13.2 Å². The Morgan fingerprint density at radius 1 is 1.35 bits per heavy atom. The molecule has 0 amide bonds. The van der Waals surface area contributed by atoms with Crippen LogP contribution >= 0.6 is 23.2 Å². The van der Waals surface area contributed by atoms with E-state index in [4.69, 9.17) is 28.9 Å². The minimum absolute atomic E-state index is 0.0171. The van der Waals surface area contributed by atoms with Crippen LogP contribution in [0.25, 0.3) is 0 Å². The fourth-order valence-electron chi connectivity index (χ4n) is 1.63. The molecule has 0 saturated heterocycles. The molecule has 0 spiro atoms. The molecule has 9 heteroatoms. The van der Waals surface area contributed by atoms with Crippen molar-refractivity contribution in [2.75, 3.05) is 4.72 Å². The van der Waals surface area contributed by atoms with E-state index in [0.29, 0.717) is 10.6 Å². The number of nitrogens with two attached hydrogens (primary N) is 1. The molecule has 20 heavy (non-hydrogen) atoms. The molecule has 0 aliphatic heterocycles. The summed E-state index contributed by atoms with van der Waals surface area (Å²) in [6.07, 6.45) is 1.62. The number of nitrogens with one attached hydrogen (secondary N) is 1. The van der Waals surface area contributed by atoms with E-state index in [9.17, 15) is 8.42 Å². The Balaban J connectivity index is 2.44. The Morgan fingerprint density at radius 3 is 2.60 bits per heavy atom. The van der Waals surface area contributed by atoms with Gasteiger partial charge < -0.3 is 5.73 Å². The molecular weight excluding hydrogens is 323 g/mol. The third-order valence-electron chi connectivity index (χ3n) is 2.60. The molecule has 0 saturated carbocycles. The number of nitrogens with zero attached hydrogens (tertiary/aromatic N) is 2. The lowest BCUT2D eigenvalue weighted by Crippen LogP contribution is -2.15. The van der Waals surface area contributed by atoms with E-state index in [-0.39, 0.29) is 22.3 Å². The Bertz CT molecular complexity index is 743. The van der Waals surface area contributed by atoms with Gasteiger partial charge in [0.1, 0.15) is 4.90 Å². The molecule has 2 aromatic rings. The third kappa shape index (κ3) is 2.90. The third-order valence-corrected chi connectivity index (χ3v) is 4.89. The van der Waals surface area contributed by atoms with Crippen molar-refractivity contribution in [2.24, 2.45) is 12.8 Å². The summed E-state index contributed by atoms with van der Waals surface area (Å²) in [5.74, 6) is 0.202. The van der Waals surface area contributed by atoms with E-state index in [0.717, 1.165) is 0 Å². The largest absolute Gasteiger partial charge is 0.326 e. The van der Waals surface area contributed by atoms with Crippen molar-refractivity contribution in [1.29, 1.82) is 0 Å². The van der Waals surface area contributed by atoms with Crippen molar-refractivity contribution < 1.29 is 8.42 Å². The molecule has 0 unspecified atom stereocenters. The van der Waals surface area contributed by atoms with Gasteiger partial charge in [-0.15, -0.1) is 0 Å². The number of rotatable bonds is 4. The van der Waals surface area contributed by atoms with Gasteiger partial charge in [-0.05, 0) is 12.1 Å². The van der Waals surface area contributed by atoms with E-state index in [1.807, 2.05) is 0 Å². The molecule has 0 aliphatic rings. The number of aromatic nitrogens is 2. The van der Waals surface area contributed by atoms with Gasteiger partial charge in [0.15, 0.2) is 5.82 Å². The first-order valence-electron chi connectivity index (χ1n) is 5.54. The van der Waals surface area contributed by atoms with Crippen molar-refractivity contribution in [3.05, 3.63) is 40.0 Å². The zero-order valence-corrected chi connectivity index (χ0v) is 12.8. The van der Waals surface area contributed by atoms with Crippen LogP contribution in [-0.4, -0.2) is 18.2 Å². The minimum atomic E-state index is -3.85. The SMILES string of the molecule is Cn1ccc(NS(=O)(=O)c2ccc(Cl)c(CN)c2Cl)n1. The molecule has 1 aromatic carbocycles. The van der Waals surface area contributed by atoms with Gasteiger partial charge in [0.25, 0.3) is 10.0 Å². The van der Waals surface area contributed by atoms with Gasteiger partial charge in [-0.1, -0.05) is 23.2 Å². The zero-order valence-electron chi connectivity index (χ0n) is 10.5. The summed E-state index contributed by atoms with van der Waals surface area (Å²) in [6, 6.07) is 4.31. The van der Waals surface area contributed by atoms with E-state index < -0.39 is 10.0 Å². The second-order valence-electron chi connectivity index (χ2n) is 4.02. The first-order chi connectivity index (χ1) is 9.35. The number of halogens is 2. The van der Waals surface area contributed by atoms with Crippen LogP contribution < -0.4 is 10.5 Å². The Labute approximate surface area is 126 Å². The van der Waals surface area contributed by atoms with Crippen LogP contribution in [-0.2, 0) is 23.6 Å². The summed E-state index contributed by atoms with van der Waals surface area (Å²) in [6.45, 7) is 0.0462. The predicted octanol–water partition coefficient (Wildman–Crippen LogP) is 1.99. The highest BCUT2D eigenvalue weighted by Crippen LogP contribution is 2.31. The van der Waals surface area contributed by atoms with Crippen LogP contribution in [0.5, 0.6) is 0 Å². The maximum absolute atomic E-state index is 12.3. The summed E-state index contributed by atoms with van der Waals surface area (Å²) >= 11 is 12.0. The molecule has 0 atom stereocenters. The lowest BCUT2D eigenvalue weighted by molar-refractivity contribution is 0.600. The number of aryl methyl sites for hydroxylation is 1. The summed E-state index contributed by atoms with van der Waals surface area (Å²) < 4.78 is 28.4. The smallest absolute Gasteiger partial charge is 0.264 e. The standard InChI is InChI=1S/C11H12Cl2N4O2S/c1-17-5-4-10(15-17)16-20(18,19)9-3-2-8(12)7(6-14)11(9)13/h2-5H,6,14H2,1H3,(H,15,16). The molecule has 3 N–H and O–H groups in total. The Kier molecular flexibility index (Phi) is 4.24. The summed E-state index contributed by atoms with van der Waals surface area (Å²) in [7, 11) is -2.17. The van der Waals surface area contributed by atoms with Gasteiger partial charge in [0.05, 0.1) is 5.02 Å². The minimum Gasteiger partial charge on any atom is -0.326 e. The summed E-state index contributed by atoms with van der Waals surface area (Å²) in [4.78, 5) is -0.0883. The van der Waals surface area contributed by atoms with Crippen molar-refractivity contribution >= 4 is 39.0 Å². The van der Waals surface area contributed by atoms with Crippen LogP contribution in [0.15, 0.2) is 29.3 Å². The summed E-state index contributed by atoms with van der Waals surface area (Å²) in [5.41, 5.74) is 5.91. The van der Waals surface area contributed by atoms with Gasteiger partial charge in [-0.2, -0.15) is 5.10 Å². The van der Waals surface area contributed by atoms with Gasteiger partial charge in [-0.25, -0.2) is 8.42 Å². The summed E-state index contributed by atoms with van der Waals surface area (Å²) in [5, 5.41) is 4.29. The molecular formula is C11H12Cl2N4O2S. The monoisotopic (exact) mass is 334 g/mol. The molecule has 2 rings (SSSR count). The molecule has 108 valence electrons. The average molecular weight is 335 g/mol. The quantitative estimate of drug-likeness (QED) is 0.894. The van der Waals surface area contributed by atoms with Crippen molar-refractivity contribution in [3.8, 4) is 0 Å². The maximum atomic E-state index is 12.3. The number of hydrogen-bond donors (Lipinski definition) is 2. The highest BCUT2D eigenvalue weighted by atomic mass is 35.5. The van der Waals surface area contributed by atoms with Crippen LogP contribution in [0.1, 0.15) is 5.56 Å². The number of hydrogen-bond acceptors (Lipinski definition) is 4. The molecule has 0 fully saturated rings. The number of anilines is 1. The Morgan fingerprint density at radius 2 is 2.05 bits per heavy atom. The van der Waals surface area contributed by atoms with Crippen LogP contribution in [0.4, 0.5) is 5.82 Å². The van der Waals surface area contributed by atoms with Crippen molar-refractivity contribution in [1.82, 2.24) is 9.78 Å². The highest BCUT2D eigenvalue weighted by Gasteiger charge is 2.22. The van der Waals surface area contributed by atoms with Crippen LogP contribution in [0.3, 0.4) is 0 Å². The van der Waals surface area contributed by atoms with Crippen molar-refractivity contribution in [2.45, 2.75) is 11.4 Å². The maximum Gasteiger partial charge on any atom is 0.264 e. The number of sulfonamides is 1. The average Bonchev–Trinajstić information content (AvgIpc) is 2.74. The first kappa shape index (κ1) is 15.1. The lowest BCUT2D eigenvalue weighted by atomic mass is 10.2. The zero-order chi connectivity index (χ0) is 14.9. The van der Waals surface area contributed by atoms with Crippen molar-refractivity contribution in [3.63, 3.8) is 0 Å². The molecule has 1 aromatic heterocycles. The normalized spacial score (nSPS) is 11.6. The van der Waals surface area contributed by atoms with Gasteiger partial charge >= 0.3 is 0 Å². The van der Waals surface area contributed by atoms with Gasteiger partial charge in [-0.3, -0.25) is 9.40 Å². The molecule has 6 nitrogen and oxygen atoms in total. The fraction of sp³-hybridized carbons (Fsp3) is 0.182. The topological polar surface area (TPSA) is 90.0 Å². The lowest BCUT2D eigenvalue weighted by Gasteiger charge is -2.11. The molecule has 0 aliphatic carbocycles. The van der Waals surface area contributed by atoms with Gasteiger partial charge in [0, 0.05) is 36.4 Å². The number of benzene rings is 1. The Hall–Kier alpha value is -1.28. The molecule has 1 heterocycles. The highest BCUT2D eigenvalue weighted by molar-refractivity contribution is 7.92. The second-order valence-corrected chi connectivity index (χ2v) is 6.46. The first-order valence-corrected chi connectivity index (χ1v) is 7.78. The van der Waals surface area contributed by atoms with Gasteiger partial charge in [0.2, 0.25) is 0 Å². The fourth-order valence-corrected chi connectivity index (χ4v) is 3.56. The van der Waals surface area contributed by atoms with E-state index >= 15 is 0 Å². The van der Waals surface area contributed by atoms with Crippen LogP contribution in [0, 0.1) is 0 Å².